The average molecular weight is 560 g/mol. The van der Waals surface area contributed by atoms with Crippen LogP contribution in [-0.4, -0.2) is 60.5 Å². The third kappa shape index (κ3) is 6.61. The highest BCUT2D eigenvalue weighted by molar-refractivity contribution is 5.97. The molecule has 4 rings (SSSR count). The standard InChI is InChI=1S/C29H29N5O7/c1-17(2)26(30-24(36)14-19-10-7-9-18-8-3-4-11-20(18)19)27(39)31-29(41,15-25(37)38)23(35)16-34-28(40)21-12-5-6-13-22(21)32-33-34/h3-13,17,26,41H,14-16H2,1-2H3,(H,30,36)(H,31,39)(H,37,38)/t26-,29-/m0/s1. The monoisotopic (exact) mass is 559 g/mol. The van der Waals surface area contributed by atoms with Crippen LogP contribution in [0.15, 0.2) is 71.5 Å². The first-order valence-corrected chi connectivity index (χ1v) is 12.9. The number of hydrogen-bond donors (Lipinski definition) is 4. The number of benzene rings is 3. The van der Waals surface area contributed by atoms with Gasteiger partial charge in [-0.05, 0) is 34.4 Å². The molecule has 0 aliphatic carbocycles. The van der Waals surface area contributed by atoms with E-state index in [0.717, 1.165) is 16.3 Å². The molecular weight excluding hydrogens is 530 g/mol. The fraction of sp³-hybridized carbons (Fsp3) is 0.276. The van der Waals surface area contributed by atoms with E-state index in [1.165, 1.54) is 6.07 Å². The van der Waals surface area contributed by atoms with Gasteiger partial charge in [0.15, 0.2) is 0 Å². The number of aliphatic carboxylic acids is 1. The van der Waals surface area contributed by atoms with Crippen molar-refractivity contribution in [3.8, 4) is 0 Å². The molecular formula is C29H29N5O7. The molecule has 12 heteroatoms. The number of nitrogens with one attached hydrogen (secondary N) is 2. The fourth-order valence-electron chi connectivity index (χ4n) is 4.49. The summed E-state index contributed by atoms with van der Waals surface area (Å²) in [7, 11) is 0. The van der Waals surface area contributed by atoms with Crippen LogP contribution in [0.5, 0.6) is 0 Å². The Morgan fingerprint density at radius 2 is 1.61 bits per heavy atom. The van der Waals surface area contributed by atoms with Crippen molar-refractivity contribution in [3.63, 3.8) is 0 Å². The van der Waals surface area contributed by atoms with Gasteiger partial charge in [-0.15, -0.1) is 5.10 Å². The number of rotatable bonds is 11. The Balaban J connectivity index is 1.52. The molecule has 0 aliphatic rings. The summed E-state index contributed by atoms with van der Waals surface area (Å²) in [6.07, 6.45) is -1.23. The van der Waals surface area contributed by atoms with E-state index in [2.05, 4.69) is 20.9 Å². The van der Waals surface area contributed by atoms with Crippen LogP contribution in [0.25, 0.3) is 21.7 Å². The third-order valence-corrected chi connectivity index (χ3v) is 6.62. The molecule has 0 fully saturated rings. The summed E-state index contributed by atoms with van der Waals surface area (Å²) in [5.74, 6) is -4.74. The van der Waals surface area contributed by atoms with E-state index in [9.17, 15) is 34.2 Å². The minimum absolute atomic E-state index is 0.0419. The molecule has 1 heterocycles. The van der Waals surface area contributed by atoms with Gasteiger partial charge < -0.3 is 20.8 Å². The van der Waals surface area contributed by atoms with E-state index in [4.69, 9.17) is 0 Å². The number of carboxylic acid groups (broad SMARTS) is 1. The van der Waals surface area contributed by atoms with Gasteiger partial charge in [0.1, 0.15) is 24.5 Å². The van der Waals surface area contributed by atoms with Crippen molar-refractivity contribution < 1.29 is 29.4 Å². The third-order valence-electron chi connectivity index (χ3n) is 6.62. The lowest BCUT2D eigenvalue weighted by molar-refractivity contribution is -0.158. The Labute approximate surface area is 234 Å². The summed E-state index contributed by atoms with van der Waals surface area (Å²) < 4.78 is 0.676. The van der Waals surface area contributed by atoms with Crippen molar-refractivity contribution in [3.05, 3.63) is 82.6 Å². The van der Waals surface area contributed by atoms with Gasteiger partial charge in [-0.3, -0.25) is 24.0 Å². The number of hydrogen-bond acceptors (Lipinski definition) is 8. The van der Waals surface area contributed by atoms with Gasteiger partial charge in [0, 0.05) is 0 Å². The predicted octanol–water partition coefficient (Wildman–Crippen LogP) is 1.18. The number of amides is 2. The Morgan fingerprint density at radius 1 is 0.951 bits per heavy atom. The highest BCUT2D eigenvalue weighted by Crippen LogP contribution is 2.19. The predicted molar refractivity (Wildman–Crippen MR) is 149 cm³/mol. The first-order valence-electron chi connectivity index (χ1n) is 12.9. The molecule has 0 spiro atoms. The smallest absolute Gasteiger partial charge is 0.308 e. The molecule has 212 valence electrons. The maximum atomic E-state index is 13.3. The van der Waals surface area contributed by atoms with Crippen LogP contribution in [0.1, 0.15) is 25.8 Å². The number of carbonyl (C=O) groups is 4. The average Bonchev–Trinajstić information content (AvgIpc) is 2.93. The molecule has 4 N–H and O–H groups in total. The number of Topliss-reactive ketones (excluding diaryl/α,β-unsaturated/α-hetero) is 1. The number of aliphatic hydroxyl groups is 1. The van der Waals surface area contributed by atoms with Crippen LogP contribution >= 0.6 is 0 Å². The van der Waals surface area contributed by atoms with Crippen LogP contribution in [0.4, 0.5) is 0 Å². The molecule has 0 saturated carbocycles. The lowest BCUT2D eigenvalue weighted by Gasteiger charge is -2.30. The summed E-state index contributed by atoms with van der Waals surface area (Å²) >= 11 is 0. The Morgan fingerprint density at radius 3 is 2.32 bits per heavy atom. The van der Waals surface area contributed by atoms with Crippen LogP contribution < -0.4 is 16.2 Å². The van der Waals surface area contributed by atoms with E-state index in [0.29, 0.717) is 4.68 Å². The van der Waals surface area contributed by atoms with E-state index in [-0.39, 0.29) is 17.3 Å². The molecule has 0 unspecified atom stereocenters. The normalized spacial score (nSPS) is 13.5. The van der Waals surface area contributed by atoms with Crippen molar-refractivity contribution in [2.45, 2.75) is 45.0 Å². The number of ketones is 1. The Bertz CT molecular complexity index is 1690. The Hall–Kier alpha value is -4.97. The zero-order valence-electron chi connectivity index (χ0n) is 22.4. The van der Waals surface area contributed by atoms with E-state index >= 15 is 0 Å². The van der Waals surface area contributed by atoms with Crippen LogP contribution in [-0.2, 0) is 32.1 Å². The van der Waals surface area contributed by atoms with E-state index in [1.54, 1.807) is 38.1 Å². The minimum Gasteiger partial charge on any atom is -0.481 e. The number of aromatic nitrogens is 3. The molecule has 12 nitrogen and oxygen atoms in total. The summed E-state index contributed by atoms with van der Waals surface area (Å²) in [5.41, 5.74) is -2.56. The summed E-state index contributed by atoms with van der Waals surface area (Å²) in [6, 6.07) is 18.1. The quantitative estimate of drug-likeness (QED) is 0.196. The first-order chi connectivity index (χ1) is 19.5. The number of nitrogens with zero attached hydrogens (tertiary/aromatic N) is 3. The number of fused-ring (bicyclic) bond motifs is 2. The second kappa shape index (κ2) is 12.0. The van der Waals surface area contributed by atoms with Gasteiger partial charge in [-0.2, -0.15) is 0 Å². The van der Waals surface area contributed by atoms with Crippen LogP contribution in [0.3, 0.4) is 0 Å². The molecule has 4 aromatic rings. The maximum Gasteiger partial charge on any atom is 0.308 e. The summed E-state index contributed by atoms with van der Waals surface area (Å²) in [5, 5.41) is 34.7. The molecule has 1 aromatic heterocycles. The molecule has 0 aliphatic heterocycles. The second-order valence-electron chi connectivity index (χ2n) is 10.0. The zero-order chi connectivity index (χ0) is 29.7. The van der Waals surface area contributed by atoms with Crippen molar-refractivity contribution in [2.75, 3.05) is 0 Å². The SMILES string of the molecule is CC(C)[C@H](NC(=O)Cc1cccc2ccccc12)C(=O)N[C@](O)(CC(=O)O)C(=O)Cn1nnc2ccccc2c1=O. The lowest BCUT2D eigenvalue weighted by atomic mass is 9.98. The highest BCUT2D eigenvalue weighted by atomic mass is 16.4. The van der Waals surface area contributed by atoms with Crippen LogP contribution in [0.2, 0.25) is 0 Å². The van der Waals surface area contributed by atoms with Crippen molar-refractivity contribution in [2.24, 2.45) is 5.92 Å². The van der Waals surface area contributed by atoms with Gasteiger partial charge in [0.05, 0.1) is 11.8 Å². The van der Waals surface area contributed by atoms with Gasteiger partial charge in [0.2, 0.25) is 23.3 Å². The zero-order valence-corrected chi connectivity index (χ0v) is 22.4. The number of carbonyl (C=O) groups excluding carboxylic acids is 3. The van der Waals surface area contributed by atoms with E-state index < -0.39 is 59.8 Å². The van der Waals surface area contributed by atoms with Crippen molar-refractivity contribution >= 4 is 45.2 Å². The molecule has 2 amide bonds. The molecule has 0 bridgehead atoms. The topological polar surface area (TPSA) is 181 Å². The minimum atomic E-state index is -2.90. The van der Waals surface area contributed by atoms with Gasteiger partial charge in [-0.25, -0.2) is 4.68 Å². The molecule has 41 heavy (non-hydrogen) atoms. The lowest BCUT2D eigenvalue weighted by Crippen LogP contribution is -2.62. The van der Waals surface area contributed by atoms with Crippen molar-refractivity contribution in [1.82, 2.24) is 25.6 Å². The van der Waals surface area contributed by atoms with Crippen molar-refractivity contribution in [1.29, 1.82) is 0 Å². The Kier molecular flexibility index (Phi) is 8.53. The molecule has 2 atom stereocenters. The largest absolute Gasteiger partial charge is 0.481 e. The van der Waals surface area contributed by atoms with E-state index in [1.807, 2.05) is 36.4 Å². The van der Waals surface area contributed by atoms with Gasteiger partial charge in [0.25, 0.3) is 5.56 Å². The first kappa shape index (κ1) is 29.0. The summed E-state index contributed by atoms with van der Waals surface area (Å²) in [6.45, 7) is 2.43. The molecule has 3 aromatic carbocycles. The highest BCUT2D eigenvalue weighted by Gasteiger charge is 2.42. The number of carboxylic acids is 1. The maximum absolute atomic E-state index is 13.3. The van der Waals surface area contributed by atoms with Gasteiger partial charge >= 0.3 is 5.97 Å². The van der Waals surface area contributed by atoms with Gasteiger partial charge in [-0.1, -0.05) is 73.7 Å². The molecule has 0 radical (unpaired) electrons. The summed E-state index contributed by atoms with van der Waals surface area (Å²) in [4.78, 5) is 63.7. The fourth-order valence-corrected chi connectivity index (χ4v) is 4.49. The molecule has 0 saturated heterocycles. The van der Waals surface area contributed by atoms with Crippen LogP contribution in [0, 0.1) is 5.92 Å². The second-order valence-corrected chi connectivity index (χ2v) is 10.0.